The van der Waals surface area contributed by atoms with Crippen LogP contribution >= 0.6 is 0 Å². The first-order valence-electron chi connectivity index (χ1n) is 5.75. The summed E-state index contributed by atoms with van der Waals surface area (Å²) < 4.78 is 51.5. The van der Waals surface area contributed by atoms with E-state index in [9.17, 15) is 17.6 Å². The minimum Gasteiger partial charge on any atom is -0.340 e. The summed E-state index contributed by atoms with van der Waals surface area (Å²) in [6.07, 6.45) is -4.65. The maximum Gasteiger partial charge on any atom is 0.433 e. The molecule has 1 aromatic heterocycles. The van der Waals surface area contributed by atoms with Crippen LogP contribution in [0.5, 0.6) is 0 Å². The van der Waals surface area contributed by atoms with E-state index in [1.165, 1.54) is 12.1 Å². The summed E-state index contributed by atoms with van der Waals surface area (Å²) >= 11 is 0. The number of alkyl halides is 3. The maximum absolute atomic E-state index is 13.4. The number of nitrogen functional groups attached to an aromatic ring is 1. The van der Waals surface area contributed by atoms with Crippen molar-refractivity contribution in [3.05, 3.63) is 41.3 Å². The van der Waals surface area contributed by atoms with Crippen molar-refractivity contribution in [2.24, 2.45) is 5.84 Å². The van der Waals surface area contributed by atoms with Crippen molar-refractivity contribution in [3.63, 3.8) is 0 Å². The van der Waals surface area contributed by atoms with Gasteiger partial charge in [0, 0.05) is 11.8 Å². The fourth-order valence-corrected chi connectivity index (χ4v) is 1.54. The van der Waals surface area contributed by atoms with E-state index in [1.807, 2.05) is 5.43 Å². The third kappa shape index (κ3) is 3.57. The summed E-state index contributed by atoms with van der Waals surface area (Å²) in [5, 5.41) is 2.57. The highest BCUT2D eigenvalue weighted by molar-refractivity contribution is 5.58. The predicted molar refractivity (Wildman–Crippen MR) is 69.3 cm³/mol. The number of hydrogen-bond acceptors (Lipinski definition) is 5. The van der Waals surface area contributed by atoms with E-state index in [0.29, 0.717) is 11.6 Å². The van der Waals surface area contributed by atoms with Crippen LogP contribution < -0.4 is 16.6 Å². The summed E-state index contributed by atoms with van der Waals surface area (Å²) in [6, 6.07) is 4.87. The zero-order chi connectivity index (χ0) is 15.6. The Balaban J connectivity index is 2.36. The highest BCUT2D eigenvalue weighted by Crippen LogP contribution is 2.30. The molecule has 0 unspecified atom stereocenters. The molecule has 5 nitrogen and oxygen atoms in total. The van der Waals surface area contributed by atoms with Crippen molar-refractivity contribution in [2.45, 2.75) is 13.1 Å². The van der Waals surface area contributed by atoms with Gasteiger partial charge < -0.3 is 5.32 Å². The van der Waals surface area contributed by atoms with Gasteiger partial charge in [-0.25, -0.2) is 15.2 Å². The number of halogens is 4. The fourth-order valence-electron chi connectivity index (χ4n) is 1.54. The molecule has 9 heteroatoms. The summed E-state index contributed by atoms with van der Waals surface area (Å²) in [4.78, 5) is 6.94. The molecular weight excluding hydrogens is 290 g/mol. The Morgan fingerprint density at radius 3 is 2.43 bits per heavy atom. The molecule has 0 bridgehead atoms. The third-order valence-electron chi connectivity index (χ3n) is 2.59. The van der Waals surface area contributed by atoms with Gasteiger partial charge in [-0.2, -0.15) is 18.2 Å². The van der Waals surface area contributed by atoms with Crippen LogP contribution in [0.15, 0.2) is 24.3 Å². The number of aryl methyl sites for hydroxylation is 1. The van der Waals surface area contributed by atoms with E-state index in [1.54, 1.807) is 6.92 Å². The van der Waals surface area contributed by atoms with Gasteiger partial charge >= 0.3 is 6.18 Å². The first kappa shape index (κ1) is 15.0. The lowest BCUT2D eigenvalue weighted by molar-refractivity contribution is -0.141. The SMILES string of the molecule is Cc1ccc(Nc2cc(C(F)(F)F)nc(NN)n2)cc1F. The Bertz CT molecular complexity index is 657. The highest BCUT2D eigenvalue weighted by Gasteiger charge is 2.33. The smallest absolute Gasteiger partial charge is 0.340 e. The molecule has 21 heavy (non-hydrogen) atoms. The second-order valence-corrected chi connectivity index (χ2v) is 4.19. The second-order valence-electron chi connectivity index (χ2n) is 4.19. The van der Waals surface area contributed by atoms with Gasteiger partial charge in [-0.15, -0.1) is 0 Å². The van der Waals surface area contributed by atoms with Crippen LogP contribution in [0.4, 0.5) is 35.0 Å². The number of nitrogens with zero attached hydrogens (tertiary/aromatic N) is 2. The molecule has 0 saturated heterocycles. The molecule has 0 aliphatic carbocycles. The second kappa shape index (κ2) is 5.52. The molecule has 0 fully saturated rings. The van der Waals surface area contributed by atoms with Crippen molar-refractivity contribution in [1.29, 1.82) is 0 Å². The van der Waals surface area contributed by atoms with Gasteiger partial charge in [0.15, 0.2) is 5.69 Å². The van der Waals surface area contributed by atoms with Crippen molar-refractivity contribution < 1.29 is 17.6 Å². The van der Waals surface area contributed by atoms with Crippen LogP contribution in [0, 0.1) is 12.7 Å². The largest absolute Gasteiger partial charge is 0.433 e. The van der Waals surface area contributed by atoms with Gasteiger partial charge in [0.2, 0.25) is 5.95 Å². The molecule has 0 amide bonds. The van der Waals surface area contributed by atoms with Gasteiger partial charge in [-0.1, -0.05) is 6.07 Å². The molecule has 1 heterocycles. The lowest BCUT2D eigenvalue weighted by Crippen LogP contribution is -2.16. The number of aromatic nitrogens is 2. The molecule has 2 aromatic rings. The van der Waals surface area contributed by atoms with Crippen molar-refractivity contribution >= 4 is 17.5 Å². The highest BCUT2D eigenvalue weighted by atomic mass is 19.4. The molecular formula is C12H11F4N5. The zero-order valence-corrected chi connectivity index (χ0v) is 10.8. The number of hydrazine groups is 1. The molecule has 0 aliphatic rings. The maximum atomic E-state index is 13.4. The standard InChI is InChI=1S/C12H11F4N5/c1-6-2-3-7(4-8(6)13)18-10-5-9(12(14,15)16)19-11(20-10)21-17/h2-5H,17H2,1H3,(H2,18,19,20,21). The quantitative estimate of drug-likeness (QED) is 0.461. The monoisotopic (exact) mass is 301 g/mol. The van der Waals surface area contributed by atoms with Gasteiger partial charge in [-0.05, 0) is 24.6 Å². The van der Waals surface area contributed by atoms with Crippen LogP contribution in [-0.2, 0) is 6.18 Å². The van der Waals surface area contributed by atoms with Crippen LogP contribution in [0.25, 0.3) is 0 Å². The summed E-state index contributed by atoms with van der Waals surface area (Å²) in [6.45, 7) is 1.57. The molecule has 0 aliphatic heterocycles. The summed E-state index contributed by atoms with van der Waals surface area (Å²) in [7, 11) is 0. The Hall–Kier alpha value is -2.42. The minimum absolute atomic E-state index is 0.159. The number of hydrogen-bond donors (Lipinski definition) is 3. The van der Waals surface area contributed by atoms with Gasteiger partial charge in [0.25, 0.3) is 0 Å². The Morgan fingerprint density at radius 1 is 1.14 bits per heavy atom. The number of nitrogens with one attached hydrogen (secondary N) is 2. The molecule has 0 saturated carbocycles. The Kier molecular flexibility index (Phi) is 3.94. The van der Waals surface area contributed by atoms with Crippen LogP contribution in [0.3, 0.4) is 0 Å². The normalized spacial score (nSPS) is 11.3. The zero-order valence-electron chi connectivity index (χ0n) is 10.8. The predicted octanol–water partition coefficient (Wildman–Crippen LogP) is 2.97. The summed E-state index contributed by atoms with van der Waals surface area (Å²) in [5.41, 5.74) is 1.46. The van der Waals surface area contributed by atoms with E-state index in [2.05, 4.69) is 15.3 Å². The molecule has 0 atom stereocenters. The van der Waals surface area contributed by atoms with Crippen LogP contribution in [0.2, 0.25) is 0 Å². The fraction of sp³-hybridized carbons (Fsp3) is 0.167. The Labute approximate surface area is 117 Å². The molecule has 112 valence electrons. The topological polar surface area (TPSA) is 75.9 Å². The van der Waals surface area contributed by atoms with E-state index < -0.39 is 23.6 Å². The molecule has 4 N–H and O–H groups in total. The molecule has 0 radical (unpaired) electrons. The van der Waals surface area contributed by atoms with Crippen molar-refractivity contribution in [2.75, 3.05) is 10.7 Å². The minimum atomic E-state index is -4.65. The van der Waals surface area contributed by atoms with Crippen molar-refractivity contribution in [3.8, 4) is 0 Å². The van der Waals surface area contributed by atoms with E-state index in [-0.39, 0.29) is 11.5 Å². The first-order valence-corrected chi connectivity index (χ1v) is 5.75. The third-order valence-corrected chi connectivity index (χ3v) is 2.59. The number of rotatable bonds is 3. The van der Waals surface area contributed by atoms with E-state index in [4.69, 9.17) is 5.84 Å². The van der Waals surface area contributed by atoms with E-state index >= 15 is 0 Å². The lowest BCUT2D eigenvalue weighted by Gasteiger charge is -2.11. The number of nitrogens with two attached hydrogens (primary N) is 1. The van der Waals surface area contributed by atoms with Gasteiger partial charge in [0.05, 0.1) is 0 Å². The average Bonchev–Trinajstić information content (AvgIpc) is 2.41. The number of anilines is 3. The first-order chi connectivity index (χ1) is 9.79. The average molecular weight is 301 g/mol. The van der Waals surface area contributed by atoms with Gasteiger partial charge in [-0.3, -0.25) is 5.43 Å². The Morgan fingerprint density at radius 2 is 1.86 bits per heavy atom. The summed E-state index contributed by atoms with van der Waals surface area (Å²) in [5.74, 6) is 3.99. The molecule has 0 spiro atoms. The van der Waals surface area contributed by atoms with Crippen molar-refractivity contribution in [1.82, 2.24) is 9.97 Å². The van der Waals surface area contributed by atoms with Crippen LogP contribution in [0.1, 0.15) is 11.3 Å². The molecule has 2 rings (SSSR count). The van der Waals surface area contributed by atoms with Crippen LogP contribution in [-0.4, -0.2) is 9.97 Å². The number of benzene rings is 1. The van der Waals surface area contributed by atoms with E-state index in [0.717, 1.165) is 6.07 Å². The van der Waals surface area contributed by atoms with Gasteiger partial charge in [0.1, 0.15) is 11.6 Å². The molecule has 1 aromatic carbocycles. The lowest BCUT2D eigenvalue weighted by atomic mass is 10.2.